The summed E-state index contributed by atoms with van der Waals surface area (Å²) in [5.41, 5.74) is 0.966. The van der Waals surface area contributed by atoms with Gasteiger partial charge in [0.1, 0.15) is 10.9 Å². The molecule has 0 spiro atoms. The first-order valence-corrected chi connectivity index (χ1v) is 7.76. The molecule has 1 aromatic rings. The minimum atomic E-state index is -0.906. The zero-order valence-corrected chi connectivity index (χ0v) is 13.0. The fourth-order valence-corrected chi connectivity index (χ4v) is 3.23. The maximum Gasteiger partial charge on any atom is 0.345 e. The number of morpholine rings is 1. The van der Waals surface area contributed by atoms with Gasteiger partial charge in [0.15, 0.2) is 0 Å². The predicted octanol–water partition coefficient (Wildman–Crippen LogP) is 1.09. The zero-order valence-electron chi connectivity index (χ0n) is 12.2. The van der Waals surface area contributed by atoms with Crippen LogP contribution in [0.4, 0.5) is 0 Å². The molecule has 1 fully saturated rings. The van der Waals surface area contributed by atoms with Crippen LogP contribution in [-0.2, 0) is 16.1 Å². The van der Waals surface area contributed by atoms with Gasteiger partial charge in [-0.05, 0) is 25.5 Å². The van der Waals surface area contributed by atoms with E-state index < -0.39 is 5.97 Å². The van der Waals surface area contributed by atoms with E-state index in [1.807, 2.05) is 13.8 Å². The second kappa shape index (κ2) is 7.02. The maximum atomic E-state index is 12.1. The van der Waals surface area contributed by atoms with Gasteiger partial charge in [-0.1, -0.05) is 0 Å². The van der Waals surface area contributed by atoms with Crippen LogP contribution in [0, 0.1) is 6.92 Å². The van der Waals surface area contributed by atoms with E-state index in [4.69, 9.17) is 9.84 Å². The van der Waals surface area contributed by atoms with Crippen molar-refractivity contribution in [3.63, 3.8) is 0 Å². The highest BCUT2D eigenvalue weighted by molar-refractivity contribution is 7.14. The first kappa shape index (κ1) is 15.9. The lowest BCUT2D eigenvalue weighted by Gasteiger charge is -2.34. The average molecular weight is 312 g/mol. The molecule has 1 unspecified atom stereocenters. The van der Waals surface area contributed by atoms with Gasteiger partial charge in [-0.15, -0.1) is 11.3 Å². The summed E-state index contributed by atoms with van der Waals surface area (Å²) in [6.45, 7) is 6.58. The second-order valence-electron chi connectivity index (χ2n) is 4.95. The Kier molecular flexibility index (Phi) is 5.33. The van der Waals surface area contributed by atoms with Crippen molar-refractivity contribution in [3.8, 4) is 0 Å². The molecule has 2 rings (SSSR count). The summed E-state index contributed by atoms with van der Waals surface area (Å²) in [6, 6.07) is 1.39. The van der Waals surface area contributed by atoms with Crippen molar-refractivity contribution in [2.75, 3.05) is 26.3 Å². The molecule has 0 bridgehead atoms. The number of amides is 1. The Balaban J connectivity index is 2.12. The molecule has 21 heavy (non-hydrogen) atoms. The van der Waals surface area contributed by atoms with Crippen LogP contribution in [-0.4, -0.2) is 54.2 Å². The average Bonchev–Trinajstić information content (AvgIpc) is 2.81. The molecule has 2 heterocycles. The number of nitrogens with one attached hydrogen (secondary N) is 1. The summed E-state index contributed by atoms with van der Waals surface area (Å²) in [5, 5.41) is 11.9. The molecule has 6 nitrogen and oxygen atoms in total. The van der Waals surface area contributed by atoms with Crippen molar-refractivity contribution in [1.82, 2.24) is 10.2 Å². The van der Waals surface area contributed by atoms with E-state index in [-0.39, 0.29) is 11.9 Å². The summed E-state index contributed by atoms with van der Waals surface area (Å²) in [4.78, 5) is 26.5. The van der Waals surface area contributed by atoms with Gasteiger partial charge in [0.25, 0.3) is 0 Å². The quantitative estimate of drug-likeness (QED) is 0.851. The molecule has 2 N–H and O–H groups in total. The van der Waals surface area contributed by atoms with Crippen molar-refractivity contribution in [2.45, 2.75) is 26.4 Å². The first-order valence-electron chi connectivity index (χ1n) is 6.95. The largest absolute Gasteiger partial charge is 0.477 e. The highest BCUT2D eigenvalue weighted by atomic mass is 32.1. The number of aromatic carboxylic acids is 1. The summed E-state index contributed by atoms with van der Waals surface area (Å²) >= 11 is 1.27. The Bertz CT molecular complexity index is 529. The van der Waals surface area contributed by atoms with E-state index in [0.29, 0.717) is 37.7 Å². The number of carbonyl (C=O) groups excluding carboxylic acids is 1. The number of carbonyl (C=O) groups is 2. The lowest BCUT2D eigenvalue weighted by molar-refractivity contribution is -0.132. The summed E-state index contributed by atoms with van der Waals surface area (Å²) in [6.07, 6.45) is 0. The molecule has 0 saturated carbocycles. The third-order valence-electron chi connectivity index (χ3n) is 3.50. The van der Waals surface area contributed by atoms with Crippen LogP contribution in [0.25, 0.3) is 0 Å². The van der Waals surface area contributed by atoms with E-state index in [0.717, 1.165) is 10.4 Å². The molecular formula is C14H20N2O4S. The lowest BCUT2D eigenvalue weighted by Crippen LogP contribution is -2.53. The topological polar surface area (TPSA) is 78.9 Å². The number of likely N-dealkylation sites (N-methyl/N-ethyl adjacent to an activating group) is 1. The van der Waals surface area contributed by atoms with Gasteiger partial charge in [0.05, 0.1) is 13.2 Å². The van der Waals surface area contributed by atoms with Crippen LogP contribution in [0.3, 0.4) is 0 Å². The minimum Gasteiger partial charge on any atom is -0.477 e. The highest BCUT2D eigenvalue weighted by Crippen LogP contribution is 2.24. The number of ether oxygens (including phenoxy) is 1. The zero-order chi connectivity index (χ0) is 15.4. The fourth-order valence-electron chi connectivity index (χ4n) is 2.36. The van der Waals surface area contributed by atoms with Gasteiger partial charge in [-0.25, -0.2) is 4.79 Å². The molecule has 0 aromatic carbocycles. The van der Waals surface area contributed by atoms with E-state index >= 15 is 0 Å². The normalized spacial score (nSPS) is 19.4. The van der Waals surface area contributed by atoms with E-state index in [1.54, 1.807) is 6.07 Å². The molecule has 1 aromatic heterocycles. The lowest BCUT2D eigenvalue weighted by atomic mass is 10.1. The van der Waals surface area contributed by atoms with E-state index in [1.165, 1.54) is 11.3 Å². The Labute approximate surface area is 127 Å². The van der Waals surface area contributed by atoms with Crippen molar-refractivity contribution in [2.24, 2.45) is 0 Å². The second-order valence-corrected chi connectivity index (χ2v) is 6.21. The Morgan fingerprint density at radius 2 is 2.33 bits per heavy atom. The van der Waals surface area contributed by atoms with Gasteiger partial charge < -0.3 is 15.2 Å². The van der Waals surface area contributed by atoms with Crippen LogP contribution < -0.4 is 5.32 Å². The SMILES string of the molecule is CCNC(=O)C1COCCN1Cc1cc(C(=O)O)sc1C. The summed E-state index contributed by atoms with van der Waals surface area (Å²) < 4.78 is 5.40. The van der Waals surface area contributed by atoms with Gasteiger partial charge in [0.2, 0.25) is 5.91 Å². The number of hydrogen-bond donors (Lipinski definition) is 2. The standard InChI is InChI=1S/C14H20N2O4S/c1-3-15-13(17)11-8-20-5-4-16(11)7-10-6-12(14(18)19)21-9(10)2/h6,11H,3-5,7-8H2,1-2H3,(H,15,17)(H,18,19). The monoisotopic (exact) mass is 312 g/mol. The maximum absolute atomic E-state index is 12.1. The van der Waals surface area contributed by atoms with Gasteiger partial charge in [0, 0.05) is 24.5 Å². The van der Waals surface area contributed by atoms with Crippen molar-refractivity contribution in [3.05, 3.63) is 21.4 Å². The number of carboxylic acid groups (broad SMARTS) is 1. The van der Waals surface area contributed by atoms with E-state index in [2.05, 4.69) is 10.2 Å². The number of carboxylic acids is 1. The molecule has 116 valence electrons. The Hall–Kier alpha value is -1.44. The molecule has 1 aliphatic heterocycles. The van der Waals surface area contributed by atoms with Gasteiger partial charge in [-0.3, -0.25) is 9.69 Å². The summed E-state index contributed by atoms with van der Waals surface area (Å²) in [7, 11) is 0. The molecule has 7 heteroatoms. The fraction of sp³-hybridized carbons (Fsp3) is 0.571. The first-order chi connectivity index (χ1) is 10.0. The Morgan fingerprint density at radius 3 is 2.95 bits per heavy atom. The van der Waals surface area contributed by atoms with Crippen LogP contribution >= 0.6 is 11.3 Å². The molecule has 1 saturated heterocycles. The molecule has 1 atom stereocenters. The molecular weight excluding hydrogens is 292 g/mol. The number of hydrogen-bond acceptors (Lipinski definition) is 5. The minimum absolute atomic E-state index is 0.0384. The number of nitrogens with zero attached hydrogens (tertiary/aromatic N) is 1. The highest BCUT2D eigenvalue weighted by Gasteiger charge is 2.29. The molecule has 0 aliphatic carbocycles. The molecule has 0 radical (unpaired) electrons. The van der Waals surface area contributed by atoms with Crippen LogP contribution in [0.2, 0.25) is 0 Å². The van der Waals surface area contributed by atoms with Crippen LogP contribution in [0.1, 0.15) is 27.0 Å². The third-order valence-corrected chi connectivity index (χ3v) is 4.58. The number of rotatable bonds is 5. The van der Waals surface area contributed by atoms with Gasteiger partial charge in [-0.2, -0.15) is 0 Å². The van der Waals surface area contributed by atoms with Crippen LogP contribution in [0.5, 0.6) is 0 Å². The summed E-state index contributed by atoms with van der Waals surface area (Å²) in [5.74, 6) is -0.944. The molecule has 1 amide bonds. The van der Waals surface area contributed by atoms with Crippen molar-refractivity contribution in [1.29, 1.82) is 0 Å². The molecule has 1 aliphatic rings. The van der Waals surface area contributed by atoms with Gasteiger partial charge >= 0.3 is 5.97 Å². The Morgan fingerprint density at radius 1 is 1.57 bits per heavy atom. The third kappa shape index (κ3) is 3.81. The van der Waals surface area contributed by atoms with E-state index in [9.17, 15) is 9.59 Å². The van der Waals surface area contributed by atoms with Crippen molar-refractivity contribution >= 4 is 23.2 Å². The smallest absolute Gasteiger partial charge is 0.345 e. The predicted molar refractivity (Wildman–Crippen MR) is 79.7 cm³/mol. The van der Waals surface area contributed by atoms with Crippen molar-refractivity contribution < 1.29 is 19.4 Å². The number of aryl methyl sites for hydroxylation is 1. The number of thiophene rings is 1. The van der Waals surface area contributed by atoms with Crippen LogP contribution in [0.15, 0.2) is 6.07 Å².